The number of piperazine rings is 1. The number of carboxylic acid groups (broad SMARTS) is 1. The van der Waals surface area contributed by atoms with E-state index in [0.29, 0.717) is 43.0 Å². The molecule has 20 heavy (non-hydrogen) atoms. The number of nitrogens with zero attached hydrogens (tertiary/aromatic N) is 5. The van der Waals surface area contributed by atoms with Crippen molar-refractivity contribution in [2.75, 3.05) is 50.1 Å². The lowest BCUT2D eigenvalue weighted by Gasteiger charge is -2.34. The summed E-state index contributed by atoms with van der Waals surface area (Å²) < 4.78 is 0. The van der Waals surface area contributed by atoms with Crippen molar-refractivity contribution < 1.29 is 9.90 Å². The topological polar surface area (TPSA) is 72.8 Å². The lowest BCUT2D eigenvalue weighted by molar-refractivity contribution is 0.142. The van der Waals surface area contributed by atoms with E-state index in [9.17, 15) is 4.79 Å². The fourth-order valence-corrected chi connectivity index (χ4v) is 2.28. The molecule has 1 aliphatic heterocycles. The highest BCUT2D eigenvalue weighted by atomic mass is 35.5. The summed E-state index contributed by atoms with van der Waals surface area (Å²) in [6.45, 7) is 1.85. The van der Waals surface area contributed by atoms with E-state index in [2.05, 4.69) is 9.97 Å². The lowest BCUT2D eigenvalue weighted by atomic mass is 10.3. The van der Waals surface area contributed by atoms with Crippen molar-refractivity contribution >= 4 is 41.1 Å². The van der Waals surface area contributed by atoms with Crippen LogP contribution in [0, 0.1) is 0 Å². The number of anilines is 2. The summed E-state index contributed by atoms with van der Waals surface area (Å²) in [5.74, 6) is 1.01. The van der Waals surface area contributed by atoms with Gasteiger partial charge in [-0.1, -0.05) is 23.2 Å². The maximum Gasteiger partial charge on any atom is 0.407 e. The quantitative estimate of drug-likeness (QED) is 0.836. The summed E-state index contributed by atoms with van der Waals surface area (Å²) in [7, 11) is 3.62. The Hall–Kier alpha value is -1.47. The van der Waals surface area contributed by atoms with Crippen molar-refractivity contribution in [3.63, 3.8) is 0 Å². The molecule has 0 saturated carbocycles. The van der Waals surface area contributed by atoms with Crippen LogP contribution in [0.5, 0.6) is 0 Å². The molecule has 0 aliphatic carbocycles. The second-order valence-electron chi connectivity index (χ2n) is 4.60. The van der Waals surface area contributed by atoms with Gasteiger partial charge in [0.05, 0.1) is 0 Å². The lowest BCUT2D eigenvalue weighted by Crippen LogP contribution is -2.48. The normalized spacial score (nSPS) is 15.4. The maximum atomic E-state index is 10.9. The van der Waals surface area contributed by atoms with Gasteiger partial charge < -0.3 is 19.8 Å². The Morgan fingerprint density at radius 1 is 1.20 bits per heavy atom. The van der Waals surface area contributed by atoms with Gasteiger partial charge in [0.15, 0.2) is 11.0 Å². The number of hydrogen-bond acceptors (Lipinski definition) is 5. The standard InChI is InChI=1S/C11H15Cl2N5O2/c1-16(2)10-14-8(13)7(12)9(15-10)17-3-5-18(6-4-17)11(19)20/h3-6H2,1-2H3,(H,19,20). The van der Waals surface area contributed by atoms with E-state index in [0.717, 1.165) is 0 Å². The van der Waals surface area contributed by atoms with Crippen LogP contribution >= 0.6 is 23.2 Å². The van der Waals surface area contributed by atoms with E-state index < -0.39 is 6.09 Å². The largest absolute Gasteiger partial charge is 0.465 e. The zero-order valence-electron chi connectivity index (χ0n) is 11.2. The molecule has 1 N–H and O–H groups in total. The van der Waals surface area contributed by atoms with Crippen LogP contribution < -0.4 is 9.80 Å². The molecule has 0 aromatic carbocycles. The van der Waals surface area contributed by atoms with Crippen molar-refractivity contribution in [3.05, 3.63) is 10.2 Å². The van der Waals surface area contributed by atoms with Gasteiger partial charge in [0.25, 0.3) is 0 Å². The molecule has 1 aromatic rings. The molecule has 0 atom stereocenters. The number of halogens is 2. The van der Waals surface area contributed by atoms with Gasteiger partial charge >= 0.3 is 6.09 Å². The molecule has 0 bridgehead atoms. The molecule has 0 radical (unpaired) electrons. The summed E-state index contributed by atoms with van der Waals surface area (Å²) >= 11 is 12.2. The minimum atomic E-state index is -0.912. The number of carbonyl (C=O) groups is 1. The molecule has 0 unspecified atom stereocenters. The third-order valence-electron chi connectivity index (χ3n) is 3.03. The summed E-state index contributed by atoms with van der Waals surface area (Å²) in [5.41, 5.74) is 0. The molecule has 110 valence electrons. The molecule has 2 rings (SSSR count). The first-order chi connectivity index (χ1) is 9.40. The molecule has 0 spiro atoms. The summed E-state index contributed by atoms with van der Waals surface area (Å²) in [4.78, 5) is 24.4. The van der Waals surface area contributed by atoms with Crippen LogP contribution in [0.15, 0.2) is 0 Å². The van der Waals surface area contributed by atoms with E-state index >= 15 is 0 Å². The van der Waals surface area contributed by atoms with Crippen molar-refractivity contribution in [2.45, 2.75) is 0 Å². The number of aromatic nitrogens is 2. The number of amides is 1. The Balaban J connectivity index is 2.23. The Morgan fingerprint density at radius 2 is 1.80 bits per heavy atom. The van der Waals surface area contributed by atoms with E-state index in [4.69, 9.17) is 28.3 Å². The predicted octanol–water partition coefficient (Wildman–Crippen LogP) is 1.65. The Morgan fingerprint density at radius 3 is 2.30 bits per heavy atom. The Labute approximate surface area is 126 Å². The second kappa shape index (κ2) is 5.88. The first-order valence-electron chi connectivity index (χ1n) is 6.03. The molecular formula is C11H15Cl2N5O2. The van der Waals surface area contributed by atoms with Crippen LogP contribution in [-0.2, 0) is 0 Å². The summed E-state index contributed by atoms with van der Waals surface area (Å²) in [6, 6.07) is 0. The first-order valence-corrected chi connectivity index (χ1v) is 6.79. The minimum Gasteiger partial charge on any atom is -0.465 e. The SMILES string of the molecule is CN(C)c1nc(Cl)c(Cl)c(N2CCN(C(=O)O)CC2)n1. The fraction of sp³-hybridized carbons (Fsp3) is 0.545. The van der Waals surface area contributed by atoms with Crippen LogP contribution in [-0.4, -0.2) is 66.3 Å². The van der Waals surface area contributed by atoms with Crippen molar-refractivity contribution in [1.82, 2.24) is 14.9 Å². The molecular weight excluding hydrogens is 305 g/mol. The molecule has 1 amide bonds. The molecule has 9 heteroatoms. The zero-order valence-corrected chi connectivity index (χ0v) is 12.7. The van der Waals surface area contributed by atoms with Crippen LogP contribution in [0.4, 0.5) is 16.6 Å². The highest BCUT2D eigenvalue weighted by molar-refractivity contribution is 6.42. The van der Waals surface area contributed by atoms with Crippen molar-refractivity contribution in [3.8, 4) is 0 Å². The van der Waals surface area contributed by atoms with Gasteiger partial charge in [0.1, 0.15) is 5.02 Å². The van der Waals surface area contributed by atoms with Gasteiger partial charge in [-0.15, -0.1) is 0 Å². The third-order valence-corrected chi connectivity index (χ3v) is 3.75. The monoisotopic (exact) mass is 319 g/mol. The fourth-order valence-electron chi connectivity index (χ4n) is 1.92. The average Bonchev–Trinajstić information content (AvgIpc) is 2.41. The Bertz CT molecular complexity index is 518. The minimum absolute atomic E-state index is 0.195. The second-order valence-corrected chi connectivity index (χ2v) is 5.34. The number of hydrogen-bond donors (Lipinski definition) is 1. The summed E-state index contributed by atoms with van der Waals surface area (Å²) in [5, 5.41) is 9.43. The third kappa shape index (κ3) is 2.99. The van der Waals surface area contributed by atoms with Crippen LogP contribution in [0.1, 0.15) is 0 Å². The van der Waals surface area contributed by atoms with Crippen LogP contribution in [0.25, 0.3) is 0 Å². The molecule has 1 aliphatic rings. The Kier molecular flexibility index (Phi) is 4.39. The maximum absolute atomic E-state index is 10.9. The van der Waals surface area contributed by atoms with E-state index in [1.807, 2.05) is 19.0 Å². The highest BCUT2D eigenvalue weighted by Crippen LogP contribution is 2.31. The zero-order chi connectivity index (χ0) is 14.9. The smallest absolute Gasteiger partial charge is 0.407 e. The highest BCUT2D eigenvalue weighted by Gasteiger charge is 2.24. The van der Waals surface area contributed by atoms with Gasteiger partial charge in [-0.3, -0.25) is 0 Å². The van der Waals surface area contributed by atoms with Gasteiger partial charge in [-0.05, 0) is 0 Å². The molecule has 1 aromatic heterocycles. The van der Waals surface area contributed by atoms with E-state index in [-0.39, 0.29) is 5.15 Å². The average molecular weight is 320 g/mol. The molecule has 1 fully saturated rings. The van der Waals surface area contributed by atoms with Gasteiger partial charge in [0, 0.05) is 40.3 Å². The van der Waals surface area contributed by atoms with Gasteiger partial charge in [0.2, 0.25) is 5.95 Å². The van der Waals surface area contributed by atoms with Gasteiger partial charge in [-0.2, -0.15) is 9.97 Å². The van der Waals surface area contributed by atoms with E-state index in [1.54, 1.807) is 4.90 Å². The first kappa shape index (κ1) is 14.9. The predicted molar refractivity (Wildman–Crippen MR) is 78.2 cm³/mol. The molecule has 7 nitrogen and oxygen atoms in total. The van der Waals surface area contributed by atoms with Crippen molar-refractivity contribution in [1.29, 1.82) is 0 Å². The number of rotatable bonds is 2. The van der Waals surface area contributed by atoms with Gasteiger partial charge in [-0.25, -0.2) is 4.79 Å². The van der Waals surface area contributed by atoms with Crippen LogP contribution in [0.2, 0.25) is 10.2 Å². The molecule has 2 heterocycles. The van der Waals surface area contributed by atoms with Crippen molar-refractivity contribution in [2.24, 2.45) is 0 Å². The van der Waals surface area contributed by atoms with Crippen LogP contribution in [0.3, 0.4) is 0 Å². The van der Waals surface area contributed by atoms with E-state index in [1.165, 1.54) is 4.90 Å². The molecule has 1 saturated heterocycles. The summed E-state index contributed by atoms with van der Waals surface area (Å²) in [6.07, 6.45) is -0.912.